The van der Waals surface area contributed by atoms with Crippen LogP contribution < -0.4 is 5.32 Å². The number of ether oxygens (including phenoxy) is 1. The zero-order chi connectivity index (χ0) is 22.3. The third-order valence-corrected chi connectivity index (χ3v) is 6.46. The van der Waals surface area contributed by atoms with Crippen LogP contribution in [0.15, 0.2) is 42.5 Å². The van der Waals surface area contributed by atoms with E-state index < -0.39 is 5.97 Å². The Kier molecular flexibility index (Phi) is 8.10. The van der Waals surface area contributed by atoms with Crippen molar-refractivity contribution in [2.24, 2.45) is 0 Å². The molecule has 0 aromatic heterocycles. The van der Waals surface area contributed by atoms with Crippen LogP contribution in [-0.4, -0.2) is 49.1 Å². The van der Waals surface area contributed by atoms with Crippen molar-refractivity contribution in [1.82, 2.24) is 0 Å². The van der Waals surface area contributed by atoms with E-state index >= 15 is 0 Å². The predicted octanol–water partition coefficient (Wildman–Crippen LogP) is 5.14. The molecular weight excluding hydrogens is 412 g/mol. The fourth-order valence-corrected chi connectivity index (χ4v) is 4.57. The summed E-state index contributed by atoms with van der Waals surface area (Å²) in [6, 6.07) is 12.9. The van der Waals surface area contributed by atoms with Crippen molar-refractivity contribution in [3.8, 4) is 0 Å². The Labute approximate surface area is 189 Å². The number of nitrogens with zero attached hydrogens (tertiary/aromatic N) is 1. The zero-order valence-corrected chi connectivity index (χ0v) is 19.2. The maximum absolute atomic E-state index is 13.0. The average Bonchev–Trinajstić information content (AvgIpc) is 2.97. The number of aryl methyl sites for hydroxylation is 2. The van der Waals surface area contributed by atoms with E-state index in [0.717, 1.165) is 42.7 Å². The molecule has 31 heavy (non-hydrogen) atoms. The van der Waals surface area contributed by atoms with Gasteiger partial charge in [0.05, 0.1) is 23.7 Å². The number of carbonyl (C=O) groups excluding carboxylic acids is 2. The largest absolute Gasteiger partial charge is 0.456 e. The topological polar surface area (TPSA) is 55.4 Å². The first-order chi connectivity index (χ1) is 14.9. The van der Waals surface area contributed by atoms with Gasteiger partial charge < -0.3 is 14.5 Å². The number of quaternary nitrogens is 1. The minimum Gasteiger partial charge on any atom is -0.456 e. The number of amides is 1. The van der Waals surface area contributed by atoms with Gasteiger partial charge >= 0.3 is 5.97 Å². The lowest BCUT2D eigenvalue weighted by atomic mass is 10.1. The molecule has 1 amide bonds. The number of rotatable bonds is 7. The smallest absolute Gasteiger partial charge is 0.339 e. The van der Waals surface area contributed by atoms with Crippen molar-refractivity contribution in [3.05, 3.63) is 64.2 Å². The van der Waals surface area contributed by atoms with Gasteiger partial charge in [-0.3, -0.25) is 4.79 Å². The number of para-hydroxylation sites is 1. The molecule has 166 valence electrons. The van der Waals surface area contributed by atoms with E-state index in [4.69, 9.17) is 16.3 Å². The SMILES string of the molecule is Cc1cccc(C)c1NC(=O)C[N+]1(CCOC(=O)c2ccccc2Cl)CCCCCC1. The molecule has 0 unspecified atom stereocenters. The molecule has 2 aromatic carbocycles. The van der Waals surface area contributed by atoms with E-state index in [1.807, 2.05) is 32.0 Å². The first-order valence-electron chi connectivity index (χ1n) is 11.0. The van der Waals surface area contributed by atoms with Crippen LogP contribution in [0, 0.1) is 13.8 Å². The van der Waals surface area contributed by atoms with Gasteiger partial charge in [0.15, 0.2) is 6.54 Å². The van der Waals surface area contributed by atoms with Crippen LogP contribution in [0.5, 0.6) is 0 Å². The van der Waals surface area contributed by atoms with E-state index in [-0.39, 0.29) is 12.5 Å². The Morgan fingerprint density at radius 2 is 1.61 bits per heavy atom. The van der Waals surface area contributed by atoms with E-state index in [9.17, 15) is 9.59 Å². The molecule has 0 saturated carbocycles. The van der Waals surface area contributed by atoms with E-state index in [2.05, 4.69) is 5.32 Å². The second-order valence-electron chi connectivity index (χ2n) is 8.52. The third-order valence-electron chi connectivity index (χ3n) is 6.13. The Hall–Kier alpha value is -2.37. The minimum absolute atomic E-state index is 0.0109. The van der Waals surface area contributed by atoms with Crippen LogP contribution in [-0.2, 0) is 9.53 Å². The number of carbonyl (C=O) groups is 2. The van der Waals surface area contributed by atoms with E-state index in [1.165, 1.54) is 12.8 Å². The monoisotopic (exact) mass is 443 g/mol. The minimum atomic E-state index is -0.418. The van der Waals surface area contributed by atoms with Crippen molar-refractivity contribution >= 4 is 29.2 Å². The fraction of sp³-hybridized carbons (Fsp3) is 0.440. The van der Waals surface area contributed by atoms with Gasteiger partial charge in [-0.1, -0.05) is 41.9 Å². The summed E-state index contributed by atoms with van der Waals surface area (Å²) in [7, 11) is 0. The quantitative estimate of drug-likeness (QED) is 0.476. The maximum atomic E-state index is 13.0. The molecule has 0 bridgehead atoms. The maximum Gasteiger partial charge on any atom is 0.339 e. The van der Waals surface area contributed by atoms with Gasteiger partial charge in [0.25, 0.3) is 5.91 Å². The van der Waals surface area contributed by atoms with Gasteiger partial charge in [-0.2, -0.15) is 0 Å². The highest BCUT2D eigenvalue weighted by atomic mass is 35.5. The molecule has 1 N–H and O–H groups in total. The van der Waals surface area contributed by atoms with Gasteiger partial charge in [0.1, 0.15) is 13.2 Å². The molecule has 1 fully saturated rings. The molecule has 1 aliphatic rings. The van der Waals surface area contributed by atoms with Crippen LogP contribution >= 0.6 is 11.6 Å². The molecule has 1 saturated heterocycles. The summed E-state index contributed by atoms with van der Waals surface area (Å²) in [5.74, 6) is -0.407. The van der Waals surface area contributed by atoms with Crippen LogP contribution in [0.25, 0.3) is 0 Å². The molecule has 0 spiro atoms. The van der Waals surface area contributed by atoms with Gasteiger partial charge in [-0.25, -0.2) is 4.79 Å². The number of esters is 1. The lowest BCUT2D eigenvalue weighted by Gasteiger charge is -2.37. The normalized spacial score (nSPS) is 15.7. The van der Waals surface area contributed by atoms with Crippen LogP contribution in [0.1, 0.15) is 47.2 Å². The molecule has 0 aliphatic carbocycles. The second-order valence-corrected chi connectivity index (χ2v) is 8.92. The average molecular weight is 444 g/mol. The van der Waals surface area contributed by atoms with Crippen molar-refractivity contribution in [2.45, 2.75) is 39.5 Å². The van der Waals surface area contributed by atoms with Crippen LogP contribution in [0.3, 0.4) is 0 Å². The van der Waals surface area contributed by atoms with Crippen molar-refractivity contribution in [3.63, 3.8) is 0 Å². The fourth-order valence-electron chi connectivity index (χ4n) is 4.35. The number of hydrogen-bond donors (Lipinski definition) is 1. The molecule has 0 atom stereocenters. The summed E-state index contributed by atoms with van der Waals surface area (Å²) in [6.45, 7) is 7.13. The summed E-state index contributed by atoms with van der Waals surface area (Å²) >= 11 is 6.11. The molecule has 1 aliphatic heterocycles. The molecule has 3 rings (SSSR count). The number of halogens is 1. The van der Waals surface area contributed by atoms with Gasteiger partial charge in [0.2, 0.25) is 0 Å². The van der Waals surface area contributed by atoms with Crippen LogP contribution in [0.4, 0.5) is 5.69 Å². The van der Waals surface area contributed by atoms with Gasteiger partial charge in [-0.15, -0.1) is 0 Å². The first-order valence-corrected chi connectivity index (χ1v) is 11.4. The first kappa shape index (κ1) is 23.3. The summed E-state index contributed by atoms with van der Waals surface area (Å²) in [4.78, 5) is 25.4. The van der Waals surface area contributed by atoms with Gasteiger partial charge in [-0.05, 0) is 62.8 Å². The molecular formula is C25H32ClN2O3+. The summed E-state index contributed by atoms with van der Waals surface area (Å²) < 4.78 is 6.19. The Bertz CT molecular complexity index is 900. The van der Waals surface area contributed by atoms with E-state index in [0.29, 0.717) is 28.2 Å². The lowest BCUT2D eigenvalue weighted by molar-refractivity contribution is -0.920. The summed E-state index contributed by atoms with van der Waals surface area (Å²) in [5.41, 5.74) is 3.39. The Balaban J connectivity index is 1.65. The predicted molar refractivity (Wildman–Crippen MR) is 124 cm³/mol. The lowest BCUT2D eigenvalue weighted by Crippen LogP contribution is -2.54. The zero-order valence-electron chi connectivity index (χ0n) is 18.5. The third kappa shape index (κ3) is 6.31. The number of likely N-dealkylation sites (tertiary alicyclic amines) is 1. The Morgan fingerprint density at radius 3 is 2.26 bits per heavy atom. The summed E-state index contributed by atoms with van der Waals surface area (Å²) in [6.07, 6.45) is 4.51. The number of nitrogens with one attached hydrogen (secondary N) is 1. The van der Waals surface area contributed by atoms with Gasteiger partial charge in [0, 0.05) is 5.69 Å². The molecule has 5 nitrogen and oxygen atoms in total. The number of hydrogen-bond acceptors (Lipinski definition) is 3. The summed E-state index contributed by atoms with van der Waals surface area (Å²) in [5, 5.41) is 3.51. The van der Waals surface area contributed by atoms with Crippen molar-refractivity contribution in [2.75, 3.05) is 38.1 Å². The van der Waals surface area contributed by atoms with Crippen molar-refractivity contribution < 1.29 is 18.8 Å². The molecule has 1 heterocycles. The Morgan fingerprint density at radius 1 is 0.968 bits per heavy atom. The van der Waals surface area contributed by atoms with Crippen LogP contribution in [0.2, 0.25) is 5.02 Å². The molecule has 0 radical (unpaired) electrons. The molecule has 6 heteroatoms. The van der Waals surface area contributed by atoms with E-state index in [1.54, 1.807) is 24.3 Å². The highest BCUT2D eigenvalue weighted by Crippen LogP contribution is 2.22. The molecule has 2 aromatic rings. The highest BCUT2D eigenvalue weighted by Gasteiger charge is 2.32. The number of anilines is 1. The standard InChI is InChI=1S/C25H31ClN2O3/c1-19-10-9-11-20(2)24(19)27-23(29)18-28(14-7-3-4-8-15-28)16-17-31-25(30)21-12-5-6-13-22(21)26/h5-6,9-13H,3-4,7-8,14-18H2,1-2H3/p+1. The second kappa shape index (κ2) is 10.8. The highest BCUT2D eigenvalue weighted by molar-refractivity contribution is 6.33. The van der Waals surface area contributed by atoms with Crippen molar-refractivity contribution in [1.29, 1.82) is 0 Å². The number of benzene rings is 2.